The van der Waals surface area contributed by atoms with Gasteiger partial charge >= 0.3 is 0 Å². The van der Waals surface area contributed by atoms with E-state index in [-0.39, 0.29) is 29.9 Å². The topological polar surface area (TPSA) is 133 Å². The molecule has 0 spiro atoms. The Labute approximate surface area is 302 Å². The van der Waals surface area contributed by atoms with E-state index >= 15 is 0 Å². The predicted molar refractivity (Wildman–Crippen MR) is 201 cm³/mol. The number of methoxy groups -OCH3 is 1. The lowest BCUT2D eigenvalue weighted by Gasteiger charge is -2.37. The van der Waals surface area contributed by atoms with Gasteiger partial charge in [0.05, 0.1) is 35.6 Å². The summed E-state index contributed by atoms with van der Waals surface area (Å²) >= 11 is 0. The van der Waals surface area contributed by atoms with Crippen LogP contribution in [0.15, 0.2) is 60.7 Å². The summed E-state index contributed by atoms with van der Waals surface area (Å²) in [6.07, 6.45) is 6.65. The van der Waals surface area contributed by atoms with Gasteiger partial charge in [-0.3, -0.25) is 9.59 Å². The highest BCUT2D eigenvalue weighted by Crippen LogP contribution is 2.39. The normalized spacial score (nSPS) is 22.2. The average Bonchev–Trinajstić information content (AvgIpc) is 3.85. The maximum absolute atomic E-state index is 14.0. The molecule has 11 nitrogen and oxygen atoms in total. The summed E-state index contributed by atoms with van der Waals surface area (Å²) in [5.74, 6) is 1.68. The Hall–Kier alpha value is -5.29. The van der Waals surface area contributed by atoms with E-state index in [1.807, 2.05) is 61.3 Å². The van der Waals surface area contributed by atoms with E-state index < -0.39 is 0 Å². The molecule has 4 bridgehead atoms. The van der Waals surface area contributed by atoms with Crippen molar-refractivity contribution in [3.05, 3.63) is 83.2 Å². The lowest BCUT2D eigenvalue weighted by Crippen LogP contribution is -2.51. The van der Waals surface area contributed by atoms with Gasteiger partial charge in [-0.15, -0.1) is 0 Å². The number of aryl methyl sites for hydroxylation is 3. The molecule has 4 atom stereocenters. The number of para-hydroxylation sites is 1. The van der Waals surface area contributed by atoms with Gasteiger partial charge in [0.2, 0.25) is 0 Å². The third kappa shape index (κ3) is 5.41. The number of likely N-dealkylation sites (tertiary alicyclic amines) is 1. The van der Waals surface area contributed by atoms with Gasteiger partial charge in [0, 0.05) is 48.6 Å². The molecule has 1 saturated carbocycles. The molecule has 2 aromatic carbocycles. The molecular formula is C41H44N8O3. The number of nitrogens with zero attached hydrogens (tertiary/aromatic N) is 6. The van der Waals surface area contributed by atoms with Crippen molar-refractivity contribution in [2.45, 2.75) is 76.5 Å². The first-order valence-electron chi connectivity index (χ1n) is 18.6. The summed E-state index contributed by atoms with van der Waals surface area (Å²) in [5, 5.41) is 5.21. The molecular weight excluding hydrogens is 653 g/mol. The van der Waals surface area contributed by atoms with E-state index in [1.165, 1.54) is 0 Å². The van der Waals surface area contributed by atoms with Crippen molar-refractivity contribution in [2.24, 2.45) is 18.7 Å². The molecule has 266 valence electrons. The van der Waals surface area contributed by atoms with Gasteiger partial charge in [0.25, 0.3) is 11.8 Å². The van der Waals surface area contributed by atoms with Crippen LogP contribution >= 0.6 is 0 Å². The van der Waals surface area contributed by atoms with Crippen molar-refractivity contribution in [1.29, 1.82) is 0 Å². The number of hydrogen-bond acceptors (Lipinski definition) is 7. The molecule has 6 aromatic rings. The van der Waals surface area contributed by atoms with Crippen LogP contribution in [0.1, 0.15) is 83.6 Å². The van der Waals surface area contributed by atoms with Crippen LogP contribution < -0.4 is 15.8 Å². The maximum Gasteiger partial charge on any atom is 0.270 e. The highest BCUT2D eigenvalue weighted by molar-refractivity contribution is 6.00. The van der Waals surface area contributed by atoms with Gasteiger partial charge in [-0.25, -0.2) is 15.0 Å². The molecule has 3 aliphatic rings. The third-order valence-corrected chi connectivity index (χ3v) is 11.7. The van der Waals surface area contributed by atoms with Crippen molar-refractivity contribution < 1.29 is 14.3 Å². The lowest BCUT2D eigenvalue weighted by atomic mass is 9.94. The van der Waals surface area contributed by atoms with Crippen molar-refractivity contribution >= 4 is 44.8 Å². The fourth-order valence-corrected chi connectivity index (χ4v) is 8.86. The second-order valence-corrected chi connectivity index (χ2v) is 14.9. The molecule has 1 aliphatic carbocycles. The van der Waals surface area contributed by atoms with Gasteiger partial charge in [0.1, 0.15) is 22.6 Å². The smallest absolute Gasteiger partial charge is 0.270 e. The summed E-state index contributed by atoms with van der Waals surface area (Å²) in [6, 6.07) is 19.9. The Morgan fingerprint density at radius 2 is 1.83 bits per heavy atom. The van der Waals surface area contributed by atoms with Gasteiger partial charge in [-0.1, -0.05) is 24.6 Å². The van der Waals surface area contributed by atoms with Crippen molar-refractivity contribution in [3.8, 4) is 17.3 Å². The number of aromatic nitrogens is 5. The van der Waals surface area contributed by atoms with Gasteiger partial charge in [0.15, 0.2) is 5.82 Å². The molecule has 4 aromatic heterocycles. The minimum absolute atomic E-state index is 0.0139. The number of nitrogens with one attached hydrogen (secondary N) is 1. The van der Waals surface area contributed by atoms with Crippen molar-refractivity contribution in [1.82, 2.24) is 34.3 Å². The molecule has 0 radical (unpaired) electrons. The number of benzene rings is 2. The number of nitrogens with two attached hydrogens (primary N) is 1. The number of hydrogen-bond donors (Lipinski definition) is 2. The Balaban J connectivity index is 1.09. The van der Waals surface area contributed by atoms with Crippen LogP contribution in [0.2, 0.25) is 0 Å². The quantitative estimate of drug-likeness (QED) is 0.221. The van der Waals surface area contributed by atoms with E-state index in [2.05, 4.69) is 32.7 Å². The second kappa shape index (κ2) is 12.7. The van der Waals surface area contributed by atoms with E-state index in [4.69, 9.17) is 25.4 Å². The second-order valence-electron chi connectivity index (χ2n) is 14.9. The van der Waals surface area contributed by atoms with Crippen LogP contribution in [0, 0.1) is 5.92 Å². The summed E-state index contributed by atoms with van der Waals surface area (Å²) in [5.41, 5.74) is 13.4. The van der Waals surface area contributed by atoms with E-state index in [0.717, 1.165) is 102 Å². The van der Waals surface area contributed by atoms with E-state index in [1.54, 1.807) is 7.11 Å². The number of fused-ring (bicyclic) bond motifs is 6. The minimum Gasteiger partial charge on any atom is -0.494 e. The number of piperidine rings is 1. The number of carbonyl (C=O) groups excluding carboxylic acids is 2. The number of rotatable bonds is 3. The van der Waals surface area contributed by atoms with Crippen molar-refractivity contribution in [3.63, 3.8) is 0 Å². The maximum atomic E-state index is 14.0. The SMILES string of the molecule is COc1cc(C(=O)N2C[C@H](N)[C@@H]3CC[C@H]2C3)cc2nc(-c3cc4ccc5nc4n3CCCCCc3cc4ccccc4nc3C(=O)N[C@@H]5C)n(C)c12. The number of carbonyl (C=O) groups is 2. The zero-order valence-electron chi connectivity index (χ0n) is 29.9. The lowest BCUT2D eigenvalue weighted by molar-refractivity contribution is 0.0603. The molecule has 6 heterocycles. The number of imidazole rings is 1. The van der Waals surface area contributed by atoms with Crippen LogP contribution in [-0.4, -0.2) is 66.5 Å². The zero-order chi connectivity index (χ0) is 35.7. The Morgan fingerprint density at radius 3 is 2.69 bits per heavy atom. The summed E-state index contributed by atoms with van der Waals surface area (Å²) < 4.78 is 10.2. The first-order valence-corrected chi connectivity index (χ1v) is 18.6. The molecule has 11 heteroatoms. The molecule has 0 unspecified atom stereocenters. The van der Waals surface area contributed by atoms with Crippen LogP contribution in [0.5, 0.6) is 5.75 Å². The molecule has 52 heavy (non-hydrogen) atoms. The summed E-state index contributed by atoms with van der Waals surface area (Å²) in [4.78, 5) is 44.8. The zero-order valence-corrected chi connectivity index (χ0v) is 29.9. The molecule has 2 aliphatic heterocycles. The predicted octanol–water partition coefficient (Wildman–Crippen LogP) is 6.32. The fourth-order valence-electron chi connectivity index (χ4n) is 8.86. The Kier molecular flexibility index (Phi) is 7.98. The van der Waals surface area contributed by atoms with E-state index in [0.29, 0.717) is 35.0 Å². The number of pyridine rings is 2. The number of ether oxygens (including phenoxy) is 1. The third-order valence-electron chi connectivity index (χ3n) is 11.7. The highest BCUT2D eigenvalue weighted by atomic mass is 16.5. The molecule has 9 rings (SSSR count). The van der Waals surface area contributed by atoms with Gasteiger partial charge in [-0.2, -0.15) is 0 Å². The molecule has 2 amide bonds. The van der Waals surface area contributed by atoms with Crippen molar-refractivity contribution in [2.75, 3.05) is 13.7 Å². The first-order chi connectivity index (χ1) is 25.3. The summed E-state index contributed by atoms with van der Waals surface area (Å²) in [7, 11) is 3.64. The van der Waals surface area contributed by atoms with Crippen LogP contribution in [0.4, 0.5) is 0 Å². The molecule has 2 fully saturated rings. The standard InChI is InChI=1S/C41H44N8O3/c1-23-31-15-13-27-20-34(48(38(27)45-31)16-8-4-5-10-26-17-25-9-6-7-11-32(25)44-36(26)40(50)43-23)39-46-33-19-28(21-35(52-3)37(33)47(39)2)41(51)49-22-30(42)24-12-14-29(49)18-24/h6-7,9,11,13,15,17,19-21,23-24,29-30H,4-5,8,10,12,14,16,18,22,42H2,1-3H3,(H,43,50)/t23-,24-,29+,30+/m1/s1. The average molecular weight is 697 g/mol. The van der Waals surface area contributed by atoms with Crippen LogP contribution in [0.3, 0.4) is 0 Å². The Bertz CT molecular complexity index is 2390. The number of amides is 2. The molecule has 3 N–H and O–H groups in total. The summed E-state index contributed by atoms with van der Waals surface area (Å²) in [6.45, 7) is 3.30. The largest absolute Gasteiger partial charge is 0.494 e. The van der Waals surface area contributed by atoms with Gasteiger partial charge in [-0.05, 0) is 99.4 Å². The molecule has 1 saturated heterocycles. The van der Waals surface area contributed by atoms with Crippen LogP contribution in [0.25, 0.3) is 44.5 Å². The minimum atomic E-state index is -0.340. The first kappa shape index (κ1) is 32.6. The van der Waals surface area contributed by atoms with Crippen LogP contribution in [-0.2, 0) is 20.0 Å². The highest BCUT2D eigenvalue weighted by Gasteiger charge is 2.41. The van der Waals surface area contributed by atoms with Gasteiger partial charge < -0.3 is 29.8 Å². The monoisotopic (exact) mass is 696 g/mol. The Morgan fingerprint density at radius 1 is 0.962 bits per heavy atom. The fraction of sp³-hybridized carbons (Fsp3) is 0.390. The van der Waals surface area contributed by atoms with E-state index in [9.17, 15) is 9.59 Å².